The highest BCUT2D eigenvalue weighted by Crippen LogP contribution is 2.28. The molecule has 1 aromatic carbocycles. The molecular weight excluding hydrogens is 228 g/mol. The molecule has 0 aliphatic heterocycles. The predicted octanol–water partition coefficient (Wildman–Crippen LogP) is 2.41. The largest absolute Gasteiger partial charge is 0.495 e. The molecule has 1 aromatic heterocycles. The van der Waals surface area contributed by atoms with Gasteiger partial charge in [0.15, 0.2) is 5.82 Å². The zero-order valence-electron chi connectivity index (χ0n) is 10.1. The molecule has 0 spiro atoms. The fraction of sp³-hybridized carbons (Fsp3) is 0.154. The molecule has 0 saturated carbocycles. The minimum atomic E-state index is 0.390. The van der Waals surface area contributed by atoms with Crippen LogP contribution in [-0.4, -0.2) is 17.1 Å². The van der Waals surface area contributed by atoms with Crippen molar-refractivity contribution in [3.05, 3.63) is 41.9 Å². The molecule has 18 heavy (non-hydrogen) atoms. The zero-order valence-corrected chi connectivity index (χ0v) is 10.1. The normalized spacial score (nSPS) is 9.61. The summed E-state index contributed by atoms with van der Waals surface area (Å²) in [6, 6.07) is 7.79. The highest BCUT2D eigenvalue weighted by molar-refractivity contribution is 5.68. The smallest absolute Gasteiger partial charge is 0.151 e. The zero-order chi connectivity index (χ0) is 13.0. The van der Waals surface area contributed by atoms with Gasteiger partial charge in [0.25, 0.3) is 0 Å². The number of hydrogen-bond donors (Lipinski definition) is 1. The predicted molar refractivity (Wildman–Crippen MR) is 67.8 cm³/mol. The number of benzene rings is 1. The van der Waals surface area contributed by atoms with Gasteiger partial charge in [0.1, 0.15) is 23.7 Å². The number of nitrogens with one attached hydrogen (secondary N) is 1. The second-order valence-electron chi connectivity index (χ2n) is 3.73. The number of rotatable bonds is 3. The van der Waals surface area contributed by atoms with Gasteiger partial charge in [-0.2, -0.15) is 5.26 Å². The lowest BCUT2D eigenvalue weighted by atomic mass is 10.2. The van der Waals surface area contributed by atoms with Crippen molar-refractivity contribution in [3.8, 4) is 11.8 Å². The van der Waals surface area contributed by atoms with E-state index in [0.717, 1.165) is 11.3 Å². The van der Waals surface area contributed by atoms with Crippen LogP contribution in [0.3, 0.4) is 0 Å². The number of anilines is 2. The number of nitrogens with zero attached hydrogens (tertiary/aromatic N) is 3. The van der Waals surface area contributed by atoms with Crippen LogP contribution in [0.4, 0.5) is 11.5 Å². The van der Waals surface area contributed by atoms with Crippen LogP contribution in [-0.2, 0) is 0 Å². The van der Waals surface area contributed by atoms with E-state index in [9.17, 15) is 0 Å². The van der Waals surface area contributed by atoms with E-state index in [1.165, 1.54) is 12.5 Å². The number of hydrogen-bond acceptors (Lipinski definition) is 5. The lowest BCUT2D eigenvalue weighted by Gasteiger charge is -2.11. The number of aryl methyl sites for hydroxylation is 1. The van der Waals surface area contributed by atoms with Crippen LogP contribution in [0, 0.1) is 18.3 Å². The van der Waals surface area contributed by atoms with Gasteiger partial charge in [-0.3, -0.25) is 0 Å². The van der Waals surface area contributed by atoms with E-state index in [4.69, 9.17) is 10.00 Å². The molecule has 0 radical (unpaired) electrons. The molecule has 0 saturated heterocycles. The number of ether oxygens (including phenoxy) is 1. The summed E-state index contributed by atoms with van der Waals surface area (Å²) in [6.45, 7) is 1.98. The van der Waals surface area contributed by atoms with Crippen molar-refractivity contribution in [2.45, 2.75) is 6.92 Å². The van der Waals surface area contributed by atoms with Gasteiger partial charge in [0, 0.05) is 0 Å². The molecule has 90 valence electrons. The summed E-state index contributed by atoms with van der Waals surface area (Å²) in [6.07, 6.45) is 2.86. The van der Waals surface area contributed by atoms with Crippen molar-refractivity contribution >= 4 is 11.5 Å². The minimum absolute atomic E-state index is 0.390. The Labute approximate surface area is 105 Å². The Bertz CT molecular complexity index is 604. The van der Waals surface area contributed by atoms with Gasteiger partial charge in [-0.05, 0) is 24.6 Å². The van der Waals surface area contributed by atoms with Crippen LogP contribution in [0.1, 0.15) is 11.1 Å². The summed E-state index contributed by atoms with van der Waals surface area (Å²) in [5.74, 6) is 1.17. The van der Waals surface area contributed by atoms with Gasteiger partial charge in [-0.25, -0.2) is 9.97 Å². The van der Waals surface area contributed by atoms with E-state index in [1.54, 1.807) is 7.11 Å². The lowest BCUT2D eigenvalue weighted by molar-refractivity contribution is 0.416. The fourth-order valence-corrected chi connectivity index (χ4v) is 1.56. The molecular formula is C13H12N4O. The summed E-state index contributed by atoms with van der Waals surface area (Å²) < 4.78 is 5.26. The average molecular weight is 240 g/mol. The topological polar surface area (TPSA) is 70.8 Å². The molecule has 0 aliphatic carbocycles. The van der Waals surface area contributed by atoms with Crippen molar-refractivity contribution in [1.82, 2.24) is 9.97 Å². The van der Waals surface area contributed by atoms with E-state index in [-0.39, 0.29) is 0 Å². The molecule has 0 bridgehead atoms. The number of aromatic nitrogens is 2. The second-order valence-corrected chi connectivity index (χ2v) is 3.73. The maximum absolute atomic E-state index is 8.98. The monoisotopic (exact) mass is 240 g/mol. The fourth-order valence-electron chi connectivity index (χ4n) is 1.56. The minimum Gasteiger partial charge on any atom is -0.495 e. The van der Waals surface area contributed by atoms with E-state index < -0.39 is 0 Å². The van der Waals surface area contributed by atoms with Crippen LogP contribution >= 0.6 is 0 Å². The molecule has 0 unspecified atom stereocenters. The third-order valence-corrected chi connectivity index (χ3v) is 2.44. The standard InChI is InChI=1S/C13H12N4O/c1-9-3-4-12(18-2)11(5-9)17-13-10(6-14)7-15-8-16-13/h3-5,7-8H,1-2H3,(H,15,16,17). The van der Waals surface area contributed by atoms with Crippen molar-refractivity contribution < 1.29 is 4.74 Å². The third kappa shape index (κ3) is 2.38. The van der Waals surface area contributed by atoms with Crippen molar-refractivity contribution in [2.75, 3.05) is 12.4 Å². The highest BCUT2D eigenvalue weighted by atomic mass is 16.5. The number of methoxy groups -OCH3 is 1. The molecule has 0 amide bonds. The molecule has 0 fully saturated rings. The van der Waals surface area contributed by atoms with E-state index in [1.807, 2.05) is 31.2 Å². The van der Waals surface area contributed by atoms with Gasteiger partial charge in [0.2, 0.25) is 0 Å². The van der Waals surface area contributed by atoms with Crippen molar-refractivity contribution in [1.29, 1.82) is 5.26 Å². The molecule has 1 heterocycles. The molecule has 0 aliphatic rings. The lowest BCUT2D eigenvalue weighted by Crippen LogP contribution is -2.00. The van der Waals surface area contributed by atoms with Gasteiger partial charge in [0.05, 0.1) is 19.0 Å². The highest BCUT2D eigenvalue weighted by Gasteiger charge is 2.07. The molecule has 2 rings (SSSR count). The molecule has 5 nitrogen and oxygen atoms in total. The summed E-state index contributed by atoms with van der Waals surface area (Å²) in [5, 5.41) is 12.1. The van der Waals surface area contributed by atoms with Crippen LogP contribution < -0.4 is 10.1 Å². The Balaban J connectivity index is 2.40. The Morgan fingerprint density at radius 2 is 2.22 bits per heavy atom. The molecule has 0 atom stereocenters. The van der Waals surface area contributed by atoms with Crippen LogP contribution in [0.15, 0.2) is 30.7 Å². The Hall–Kier alpha value is -2.61. The Morgan fingerprint density at radius 1 is 1.39 bits per heavy atom. The Morgan fingerprint density at radius 3 is 2.94 bits per heavy atom. The second kappa shape index (κ2) is 5.15. The van der Waals surface area contributed by atoms with E-state index >= 15 is 0 Å². The molecule has 2 aromatic rings. The first-order valence-electron chi connectivity index (χ1n) is 5.36. The van der Waals surface area contributed by atoms with Crippen LogP contribution in [0.2, 0.25) is 0 Å². The van der Waals surface area contributed by atoms with Gasteiger partial charge in [-0.1, -0.05) is 6.07 Å². The van der Waals surface area contributed by atoms with Gasteiger partial charge < -0.3 is 10.1 Å². The Kier molecular flexibility index (Phi) is 3.39. The van der Waals surface area contributed by atoms with E-state index in [0.29, 0.717) is 17.1 Å². The molecule has 1 N–H and O–H groups in total. The molecule has 5 heteroatoms. The summed E-state index contributed by atoms with van der Waals surface area (Å²) in [5.41, 5.74) is 2.25. The first kappa shape index (κ1) is 11.9. The maximum atomic E-state index is 8.98. The van der Waals surface area contributed by atoms with E-state index in [2.05, 4.69) is 15.3 Å². The average Bonchev–Trinajstić information content (AvgIpc) is 2.40. The first-order chi connectivity index (χ1) is 8.74. The van der Waals surface area contributed by atoms with Gasteiger partial charge >= 0.3 is 0 Å². The number of nitriles is 1. The SMILES string of the molecule is COc1ccc(C)cc1Nc1ncncc1C#N. The first-order valence-corrected chi connectivity index (χ1v) is 5.36. The summed E-state index contributed by atoms with van der Waals surface area (Å²) in [7, 11) is 1.60. The van der Waals surface area contributed by atoms with Crippen LogP contribution in [0.5, 0.6) is 5.75 Å². The van der Waals surface area contributed by atoms with Crippen LogP contribution in [0.25, 0.3) is 0 Å². The van der Waals surface area contributed by atoms with Crippen molar-refractivity contribution in [3.63, 3.8) is 0 Å². The third-order valence-electron chi connectivity index (χ3n) is 2.44. The van der Waals surface area contributed by atoms with Gasteiger partial charge in [-0.15, -0.1) is 0 Å². The summed E-state index contributed by atoms with van der Waals surface area (Å²) in [4.78, 5) is 7.86. The summed E-state index contributed by atoms with van der Waals surface area (Å²) >= 11 is 0. The van der Waals surface area contributed by atoms with Crippen molar-refractivity contribution in [2.24, 2.45) is 0 Å². The quantitative estimate of drug-likeness (QED) is 0.892. The maximum Gasteiger partial charge on any atom is 0.151 e.